The topological polar surface area (TPSA) is 22.0 Å². The zero-order chi connectivity index (χ0) is 11.7. The summed E-state index contributed by atoms with van der Waals surface area (Å²) in [5, 5.41) is 0.688. The van der Waals surface area contributed by atoms with Gasteiger partial charge in [0.05, 0.1) is 6.04 Å². The molecule has 1 atom stereocenters. The predicted octanol–water partition coefficient (Wildman–Crippen LogP) is 3.83. The molecule has 1 aromatic heterocycles. The molecule has 2 nitrogen and oxygen atoms in total. The summed E-state index contributed by atoms with van der Waals surface area (Å²) < 4.78 is 2.15. The normalized spacial score (nSPS) is 12.7. The molecule has 0 radical (unpaired) electrons. The number of hydrogen-bond acceptors (Lipinski definition) is 2. The molecule has 1 aromatic carbocycles. The van der Waals surface area contributed by atoms with E-state index in [2.05, 4.69) is 0 Å². The second-order valence-corrected chi connectivity index (χ2v) is 5.51. The van der Waals surface area contributed by atoms with E-state index in [-0.39, 0.29) is 11.6 Å². The van der Waals surface area contributed by atoms with E-state index in [1.807, 2.05) is 31.2 Å². The van der Waals surface area contributed by atoms with Crippen LogP contribution >= 0.6 is 34.7 Å². The van der Waals surface area contributed by atoms with Crippen LogP contribution in [0.5, 0.6) is 0 Å². The van der Waals surface area contributed by atoms with Gasteiger partial charge >= 0.3 is 0 Å². The lowest BCUT2D eigenvalue weighted by Crippen LogP contribution is -2.16. The van der Waals surface area contributed by atoms with Gasteiger partial charge in [0.1, 0.15) is 4.34 Å². The first-order valence-corrected chi connectivity index (χ1v) is 6.24. The summed E-state index contributed by atoms with van der Waals surface area (Å²) >= 11 is 12.9. The summed E-state index contributed by atoms with van der Waals surface area (Å²) in [7, 11) is 0. The summed E-state index contributed by atoms with van der Waals surface area (Å²) in [6, 6.07) is 8.85. The molecular formula is C11H9Cl2NOS. The van der Waals surface area contributed by atoms with Gasteiger partial charge in [-0.05, 0) is 36.2 Å². The predicted molar refractivity (Wildman–Crippen MR) is 68.9 cm³/mol. The summed E-state index contributed by atoms with van der Waals surface area (Å²) in [5.74, 6) is 0. The molecule has 2 rings (SSSR count). The van der Waals surface area contributed by atoms with Gasteiger partial charge in [0.15, 0.2) is 0 Å². The van der Waals surface area contributed by atoms with Gasteiger partial charge in [-0.2, -0.15) is 0 Å². The Labute approximate surface area is 107 Å². The molecule has 0 fully saturated rings. The minimum absolute atomic E-state index is 0.0257. The summed E-state index contributed by atoms with van der Waals surface area (Å²) in [6.45, 7) is 1.96. The molecule has 0 bridgehead atoms. The van der Waals surface area contributed by atoms with E-state index in [9.17, 15) is 4.79 Å². The van der Waals surface area contributed by atoms with E-state index in [0.29, 0.717) is 9.36 Å². The summed E-state index contributed by atoms with van der Waals surface area (Å²) in [5.41, 5.74) is 0.961. The standard InChI is InChI=1S/C11H9Cl2NOS/c1-7(8-2-4-9(12)5-3-8)14-11(15)6-10(13)16-14/h2-7H,1H3. The third-order valence-electron chi connectivity index (χ3n) is 2.34. The number of aromatic nitrogens is 1. The molecule has 16 heavy (non-hydrogen) atoms. The second kappa shape index (κ2) is 4.62. The molecule has 0 spiro atoms. The highest BCUT2D eigenvalue weighted by molar-refractivity contribution is 7.11. The zero-order valence-electron chi connectivity index (χ0n) is 8.48. The van der Waals surface area contributed by atoms with Crippen LogP contribution in [0.3, 0.4) is 0 Å². The van der Waals surface area contributed by atoms with E-state index < -0.39 is 0 Å². The highest BCUT2D eigenvalue weighted by Crippen LogP contribution is 2.23. The fraction of sp³-hybridized carbons (Fsp3) is 0.182. The van der Waals surface area contributed by atoms with Gasteiger partial charge in [0.25, 0.3) is 5.56 Å². The molecule has 0 N–H and O–H groups in total. The maximum Gasteiger partial charge on any atom is 0.262 e. The molecule has 84 valence electrons. The van der Waals surface area contributed by atoms with Crippen molar-refractivity contribution in [2.45, 2.75) is 13.0 Å². The van der Waals surface area contributed by atoms with Crippen molar-refractivity contribution in [2.24, 2.45) is 0 Å². The SMILES string of the molecule is CC(c1ccc(Cl)cc1)n1sc(Cl)cc1=O. The van der Waals surface area contributed by atoms with Crippen molar-refractivity contribution in [2.75, 3.05) is 0 Å². The molecule has 5 heteroatoms. The molecule has 0 saturated carbocycles. The van der Waals surface area contributed by atoms with Crippen LogP contribution in [-0.4, -0.2) is 3.96 Å². The van der Waals surface area contributed by atoms with Crippen LogP contribution in [0.1, 0.15) is 18.5 Å². The molecule has 0 saturated heterocycles. The van der Waals surface area contributed by atoms with Gasteiger partial charge in [-0.3, -0.25) is 8.75 Å². The molecule has 2 aromatic rings. The van der Waals surface area contributed by atoms with Crippen LogP contribution in [0.2, 0.25) is 9.36 Å². The van der Waals surface area contributed by atoms with Gasteiger partial charge in [-0.25, -0.2) is 0 Å². The van der Waals surface area contributed by atoms with Crippen molar-refractivity contribution in [1.82, 2.24) is 3.96 Å². The smallest absolute Gasteiger partial charge is 0.262 e. The maximum absolute atomic E-state index is 11.6. The molecule has 0 amide bonds. The number of hydrogen-bond donors (Lipinski definition) is 0. The van der Waals surface area contributed by atoms with Gasteiger partial charge < -0.3 is 0 Å². The fourth-order valence-electron chi connectivity index (χ4n) is 1.47. The van der Waals surface area contributed by atoms with Crippen LogP contribution < -0.4 is 5.56 Å². The third kappa shape index (κ3) is 2.32. The lowest BCUT2D eigenvalue weighted by atomic mass is 10.1. The Morgan fingerprint density at radius 1 is 1.25 bits per heavy atom. The largest absolute Gasteiger partial charge is 0.268 e. The molecule has 0 aliphatic heterocycles. The maximum atomic E-state index is 11.6. The molecule has 0 aliphatic rings. The van der Waals surface area contributed by atoms with Gasteiger partial charge in [0, 0.05) is 11.1 Å². The van der Waals surface area contributed by atoms with Crippen molar-refractivity contribution in [1.29, 1.82) is 0 Å². The van der Waals surface area contributed by atoms with Crippen LogP contribution in [0.15, 0.2) is 35.1 Å². The minimum atomic E-state index is -0.0718. The molecule has 0 aliphatic carbocycles. The van der Waals surface area contributed by atoms with Gasteiger partial charge in [-0.1, -0.05) is 35.3 Å². The average Bonchev–Trinajstić information content (AvgIpc) is 2.58. The van der Waals surface area contributed by atoms with Crippen molar-refractivity contribution < 1.29 is 0 Å². The van der Waals surface area contributed by atoms with Gasteiger partial charge in [0.2, 0.25) is 0 Å². The van der Waals surface area contributed by atoms with E-state index in [0.717, 1.165) is 5.56 Å². The van der Waals surface area contributed by atoms with Crippen molar-refractivity contribution in [3.63, 3.8) is 0 Å². The Hall–Kier alpha value is -0.770. The number of benzene rings is 1. The fourth-order valence-corrected chi connectivity index (χ4v) is 2.68. The van der Waals surface area contributed by atoms with Gasteiger partial charge in [-0.15, -0.1) is 0 Å². The van der Waals surface area contributed by atoms with Crippen molar-refractivity contribution in [3.8, 4) is 0 Å². The van der Waals surface area contributed by atoms with Crippen LogP contribution in [0.4, 0.5) is 0 Å². The quantitative estimate of drug-likeness (QED) is 0.815. The van der Waals surface area contributed by atoms with Crippen LogP contribution in [-0.2, 0) is 0 Å². The first-order valence-electron chi connectivity index (χ1n) is 4.72. The third-order valence-corrected chi connectivity index (χ3v) is 3.90. The zero-order valence-corrected chi connectivity index (χ0v) is 10.8. The summed E-state index contributed by atoms with van der Waals surface area (Å²) in [4.78, 5) is 11.6. The first-order chi connectivity index (χ1) is 7.58. The molecule has 1 unspecified atom stereocenters. The molecular weight excluding hydrogens is 265 g/mol. The Kier molecular flexibility index (Phi) is 3.38. The summed E-state index contributed by atoms with van der Waals surface area (Å²) in [6.07, 6.45) is 0. The number of halogens is 2. The average molecular weight is 274 g/mol. The van der Waals surface area contributed by atoms with E-state index in [1.165, 1.54) is 17.6 Å². The van der Waals surface area contributed by atoms with Crippen LogP contribution in [0.25, 0.3) is 0 Å². The monoisotopic (exact) mass is 273 g/mol. The molecule has 1 heterocycles. The van der Waals surface area contributed by atoms with E-state index >= 15 is 0 Å². The van der Waals surface area contributed by atoms with Crippen molar-refractivity contribution in [3.05, 3.63) is 55.6 Å². The number of rotatable bonds is 2. The highest BCUT2D eigenvalue weighted by Gasteiger charge is 2.12. The lowest BCUT2D eigenvalue weighted by molar-refractivity contribution is 0.675. The van der Waals surface area contributed by atoms with E-state index in [1.54, 1.807) is 3.96 Å². The minimum Gasteiger partial charge on any atom is -0.268 e. The van der Waals surface area contributed by atoms with Crippen molar-refractivity contribution >= 4 is 34.7 Å². The lowest BCUT2D eigenvalue weighted by Gasteiger charge is -2.11. The first kappa shape index (κ1) is 11.7. The second-order valence-electron chi connectivity index (χ2n) is 3.43. The Morgan fingerprint density at radius 2 is 1.88 bits per heavy atom. The Morgan fingerprint density at radius 3 is 2.38 bits per heavy atom. The highest BCUT2D eigenvalue weighted by atomic mass is 35.5. The number of nitrogens with zero attached hydrogens (tertiary/aromatic N) is 1. The van der Waals surface area contributed by atoms with Crippen LogP contribution in [0, 0.1) is 0 Å². The Bertz CT molecular complexity index is 544. The van der Waals surface area contributed by atoms with E-state index in [4.69, 9.17) is 23.2 Å². The Balaban J connectivity index is 2.38.